The van der Waals surface area contributed by atoms with Gasteiger partial charge in [-0.15, -0.1) is 0 Å². The van der Waals surface area contributed by atoms with Crippen molar-refractivity contribution in [3.8, 4) is 11.5 Å². The first-order chi connectivity index (χ1) is 11.3. The molecule has 0 fully saturated rings. The summed E-state index contributed by atoms with van der Waals surface area (Å²) in [6.45, 7) is 3.22. The predicted molar refractivity (Wildman–Crippen MR) is 86.6 cm³/mol. The molecule has 118 valence electrons. The van der Waals surface area contributed by atoms with E-state index in [1.165, 1.54) is 0 Å². The van der Waals surface area contributed by atoms with Gasteiger partial charge in [-0.1, -0.05) is 0 Å². The van der Waals surface area contributed by atoms with Crippen LogP contribution in [0.25, 0.3) is 0 Å². The molecule has 0 spiro atoms. The van der Waals surface area contributed by atoms with Crippen molar-refractivity contribution in [3.05, 3.63) is 36.2 Å². The fraction of sp³-hybridized carbons (Fsp3) is 0.312. The highest BCUT2D eigenvalue weighted by Crippen LogP contribution is 2.33. The molecule has 7 heteroatoms. The van der Waals surface area contributed by atoms with Crippen molar-refractivity contribution in [2.24, 2.45) is 5.10 Å². The lowest BCUT2D eigenvalue weighted by atomic mass is 10.0. The molecule has 0 aliphatic carbocycles. The first-order valence-corrected chi connectivity index (χ1v) is 7.58. The van der Waals surface area contributed by atoms with Crippen molar-refractivity contribution in [3.63, 3.8) is 0 Å². The third kappa shape index (κ3) is 2.77. The number of benzene rings is 1. The van der Waals surface area contributed by atoms with Gasteiger partial charge >= 0.3 is 0 Å². The van der Waals surface area contributed by atoms with Crippen LogP contribution in [-0.4, -0.2) is 35.4 Å². The highest BCUT2D eigenvalue weighted by atomic mass is 16.6. The predicted octanol–water partition coefficient (Wildman–Crippen LogP) is 2.05. The van der Waals surface area contributed by atoms with E-state index in [-0.39, 0.29) is 12.0 Å². The van der Waals surface area contributed by atoms with Crippen molar-refractivity contribution in [2.45, 2.75) is 18.9 Å². The second kappa shape index (κ2) is 5.75. The van der Waals surface area contributed by atoms with Crippen molar-refractivity contribution < 1.29 is 9.47 Å². The number of anilines is 2. The van der Waals surface area contributed by atoms with Crippen LogP contribution in [0.3, 0.4) is 0 Å². The monoisotopic (exact) mass is 311 g/mol. The Labute approximate surface area is 133 Å². The molecule has 4 rings (SSSR count). The minimum Gasteiger partial charge on any atom is -0.486 e. The zero-order valence-corrected chi connectivity index (χ0v) is 12.7. The van der Waals surface area contributed by atoms with Gasteiger partial charge in [-0.3, -0.25) is 0 Å². The first kappa shape index (κ1) is 13.8. The summed E-state index contributed by atoms with van der Waals surface area (Å²) in [5.41, 5.74) is 4.82. The SMILES string of the molecule is CC1NN=CC1c1ccnc(Nc2ccc3c(c2)OCCO3)n1. The van der Waals surface area contributed by atoms with Gasteiger partial charge in [0.05, 0.1) is 17.7 Å². The smallest absolute Gasteiger partial charge is 0.227 e. The standard InChI is InChI=1S/C16H17N5O2/c1-10-12(9-18-21-10)13-4-5-17-16(20-13)19-11-2-3-14-15(8-11)23-7-6-22-14/h2-5,8-10,12,21H,6-7H2,1H3,(H,17,19,20). The Balaban J connectivity index is 1.56. The van der Waals surface area contributed by atoms with Crippen molar-refractivity contribution in [2.75, 3.05) is 18.5 Å². The Morgan fingerprint density at radius 1 is 1.17 bits per heavy atom. The summed E-state index contributed by atoms with van der Waals surface area (Å²) in [5.74, 6) is 2.20. The van der Waals surface area contributed by atoms with E-state index >= 15 is 0 Å². The van der Waals surface area contributed by atoms with Gasteiger partial charge in [-0.2, -0.15) is 5.10 Å². The Morgan fingerprint density at radius 2 is 2.04 bits per heavy atom. The lowest BCUT2D eigenvalue weighted by Crippen LogP contribution is -2.22. The van der Waals surface area contributed by atoms with E-state index in [2.05, 4.69) is 32.7 Å². The molecule has 2 aliphatic heterocycles. The lowest BCUT2D eigenvalue weighted by molar-refractivity contribution is 0.171. The highest BCUT2D eigenvalue weighted by Gasteiger charge is 2.23. The number of hydrogen-bond acceptors (Lipinski definition) is 7. The van der Waals surface area contributed by atoms with Crippen molar-refractivity contribution >= 4 is 17.9 Å². The lowest BCUT2D eigenvalue weighted by Gasteiger charge is -2.19. The third-order valence-electron chi connectivity index (χ3n) is 3.87. The summed E-state index contributed by atoms with van der Waals surface area (Å²) in [7, 11) is 0. The molecule has 1 aromatic carbocycles. The average Bonchev–Trinajstić information content (AvgIpc) is 3.01. The number of ether oxygens (including phenoxy) is 2. The topological polar surface area (TPSA) is 80.7 Å². The molecule has 0 amide bonds. The number of rotatable bonds is 3. The van der Waals surface area contributed by atoms with Crippen LogP contribution in [0.4, 0.5) is 11.6 Å². The van der Waals surface area contributed by atoms with Gasteiger partial charge in [-0.05, 0) is 25.1 Å². The van der Waals surface area contributed by atoms with Gasteiger partial charge in [0.2, 0.25) is 5.95 Å². The maximum atomic E-state index is 5.59. The van der Waals surface area contributed by atoms with E-state index in [0.717, 1.165) is 22.9 Å². The van der Waals surface area contributed by atoms with Gasteiger partial charge in [0.15, 0.2) is 11.5 Å². The van der Waals surface area contributed by atoms with E-state index < -0.39 is 0 Å². The second-order valence-corrected chi connectivity index (χ2v) is 5.51. The van der Waals surface area contributed by atoms with Crippen LogP contribution in [0.2, 0.25) is 0 Å². The Hall–Kier alpha value is -2.83. The molecule has 0 saturated heterocycles. The minimum atomic E-state index is 0.152. The molecule has 2 aliphatic rings. The molecule has 2 N–H and O–H groups in total. The molecule has 2 unspecified atom stereocenters. The fourth-order valence-corrected chi connectivity index (χ4v) is 2.65. The van der Waals surface area contributed by atoms with E-state index in [1.807, 2.05) is 30.5 Å². The Kier molecular flexibility index (Phi) is 3.45. The van der Waals surface area contributed by atoms with Crippen molar-refractivity contribution in [1.82, 2.24) is 15.4 Å². The maximum absolute atomic E-state index is 5.59. The first-order valence-electron chi connectivity index (χ1n) is 7.58. The highest BCUT2D eigenvalue weighted by molar-refractivity contribution is 5.70. The average molecular weight is 311 g/mol. The van der Waals surface area contributed by atoms with Gasteiger partial charge in [0.1, 0.15) is 13.2 Å². The second-order valence-electron chi connectivity index (χ2n) is 5.51. The largest absolute Gasteiger partial charge is 0.486 e. The van der Waals surface area contributed by atoms with Gasteiger partial charge in [0, 0.05) is 24.2 Å². The number of nitrogens with zero attached hydrogens (tertiary/aromatic N) is 3. The Morgan fingerprint density at radius 3 is 2.87 bits per heavy atom. The van der Waals surface area contributed by atoms with E-state index in [4.69, 9.17) is 9.47 Å². The molecule has 0 saturated carbocycles. The van der Waals surface area contributed by atoms with Crippen LogP contribution in [0.1, 0.15) is 18.5 Å². The zero-order valence-electron chi connectivity index (χ0n) is 12.7. The number of nitrogens with one attached hydrogen (secondary N) is 2. The fourth-order valence-electron chi connectivity index (χ4n) is 2.65. The molecule has 0 bridgehead atoms. The minimum absolute atomic E-state index is 0.152. The van der Waals surface area contributed by atoms with Gasteiger partial charge in [-0.25, -0.2) is 9.97 Å². The molecule has 2 atom stereocenters. The van der Waals surface area contributed by atoms with E-state index in [1.54, 1.807) is 6.20 Å². The van der Waals surface area contributed by atoms with Crippen LogP contribution in [-0.2, 0) is 0 Å². The molecular formula is C16H17N5O2. The number of hydrazone groups is 1. The molecule has 0 radical (unpaired) electrons. The maximum Gasteiger partial charge on any atom is 0.227 e. The summed E-state index contributed by atoms with van der Waals surface area (Å²) < 4.78 is 11.1. The molecule has 1 aromatic heterocycles. The Bertz CT molecular complexity index is 749. The summed E-state index contributed by atoms with van der Waals surface area (Å²) >= 11 is 0. The van der Waals surface area contributed by atoms with Crippen LogP contribution < -0.4 is 20.2 Å². The van der Waals surface area contributed by atoms with Crippen molar-refractivity contribution in [1.29, 1.82) is 0 Å². The van der Waals surface area contributed by atoms with Gasteiger partial charge in [0.25, 0.3) is 0 Å². The summed E-state index contributed by atoms with van der Waals surface area (Å²) in [6.07, 6.45) is 3.63. The molecule has 7 nitrogen and oxygen atoms in total. The quantitative estimate of drug-likeness (QED) is 0.903. The van der Waals surface area contributed by atoms with Crippen LogP contribution >= 0.6 is 0 Å². The molecule has 3 heterocycles. The van der Waals surface area contributed by atoms with Crippen LogP contribution in [0, 0.1) is 0 Å². The molecule has 2 aromatic rings. The molecule has 23 heavy (non-hydrogen) atoms. The number of aromatic nitrogens is 2. The summed E-state index contributed by atoms with van der Waals surface area (Å²) in [6, 6.07) is 7.84. The van der Waals surface area contributed by atoms with E-state index in [9.17, 15) is 0 Å². The number of hydrogen-bond donors (Lipinski definition) is 2. The van der Waals surface area contributed by atoms with Crippen LogP contribution in [0.5, 0.6) is 11.5 Å². The number of fused-ring (bicyclic) bond motifs is 1. The summed E-state index contributed by atoms with van der Waals surface area (Å²) in [5, 5.41) is 7.31. The normalized spacial score (nSPS) is 21.8. The van der Waals surface area contributed by atoms with E-state index in [0.29, 0.717) is 19.2 Å². The van der Waals surface area contributed by atoms with Crippen LogP contribution in [0.15, 0.2) is 35.6 Å². The van der Waals surface area contributed by atoms with Gasteiger partial charge < -0.3 is 20.2 Å². The third-order valence-corrected chi connectivity index (χ3v) is 3.87. The molecular weight excluding hydrogens is 294 g/mol. The zero-order chi connectivity index (χ0) is 15.6. The summed E-state index contributed by atoms with van der Waals surface area (Å²) in [4.78, 5) is 8.87.